The molecule has 13 heavy (non-hydrogen) atoms. The number of hydrogen-bond donors (Lipinski definition) is 1. The Balaban J connectivity index is 2.18. The third-order valence-electron chi connectivity index (χ3n) is 2.37. The largest absolute Gasteiger partial charge is 0.481 e. The van der Waals surface area contributed by atoms with Crippen LogP contribution in [-0.2, 0) is 0 Å². The molecule has 0 radical (unpaired) electrons. The highest BCUT2D eigenvalue weighted by Crippen LogP contribution is 2.22. The van der Waals surface area contributed by atoms with E-state index in [1.54, 1.807) is 7.11 Å². The second kappa shape index (κ2) is 3.75. The number of nitrogens with one attached hydrogen (secondary N) is 1. The van der Waals surface area contributed by atoms with E-state index in [9.17, 15) is 0 Å². The van der Waals surface area contributed by atoms with Crippen LogP contribution >= 0.6 is 0 Å². The maximum atomic E-state index is 5.08. The van der Waals surface area contributed by atoms with Crippen molar-refractivity contribution in [2.75, 3.05) is 13.7 Å². The fourth-order valence-electron chi connectivity index (χ4n) is 1.68. The van der Waals surface area contributed by atoms with E-state index in [0.29, 0.717) is 11.9 Å². The van der Waals surface area contributed by atoms with Crippen molar-refractivity contribution >= 4 is 0 Å². The highest BCUT2D eigenvalue weighted by atomic mass is 16.5. The zero-order valence-corrected chi connectivity index (χ0v) is 7.79. The van der Waals surface area contributed by atoms with Crippen molar-refractivity contribution in [3.63, 3.8) is 0 Å². The zero-order chi connectivity index (χ0) is 9.10. The quantitative estimate of drug-likeness (QED) is 0.745. The van der Waals surface area contributed by atoms with Gasteiger partial charge in [0.15, 0.2) is 0 Å². The minimum absolute atomic E-state index is 0.426. The van der Waals surface area contributed by atoms with Crippen LogP contribution < -0.4 is 10.1 Å². The Labute approximate surface area is 78.1 Å². The molecule has 0 saturated carbocycles. The molecule has 1 aromatic heterocycles. The number of ether oxygens (including phenoxy) is 1. The predicted octanol–water partition coefficient (Wildman–Crippen LogP) is 1.51. The maximum Gasteiger partial charge on any atom is 0.213 e. The van der Waals surface area contributed by atoms with Crippen LogP contribution in [0.2, 0.25) is 0 Å². The Morgan fingerprint density at radius 1 is 1.54 bits per heavy atom. The molecule has 0 aliphatic carbocycles. The Kier molecular flexibility index (Phi) is 2.45. The van der Waals surface area contributed by atoms with Crippen molar-refractivity contribution in [3.8, 4) is 5.88 Å². The van der Waals surface area contributed by atoms with Gasteiger partial charge in [-0.25, -0.2) is 4.98 Å². The summed E-state index contributed by atoms with van der Waals surface area (Å²) in [7, 11) is 1.65. The topological polar surface area (TPSA) is 34.1 Å². The van der Waals surface area contributed by atoms with Crippen LogP contribution in [0.4, 0.5) is 0 Å². The predicted molar refractivity (Wildman–Crippen MR) is 50.8 cm³/mol. The highest BCUT2D eigenvalue weighted by Gasteiger charge is 2.17. The van der Waals surface area contributed by atoms with E-state index in [2.05, 4.69) is 10.3 Å². The first-order chi connectivity index (χ1) is 6.40. The molecule has 1 atom stereocenters. The number of rotatable bonds is 2. The smallest absolute Gasteiger partial charge is 0.213 e. The summed E-state index contributed by atoms with van der Waals surface area (Å²) >= 11 is 0. The Bertz CT molecular complexity index is 282. The average Bonchev–Trinajstić information content (AvgIpc) is 2.71. The van der Waals surface area contributed by atoms with Crippen LogP contribution in [0, 0.1) is 0 Å². The van der Waals surface area contributed by atoms with Crippen LogP contribution in [-0.4, -0.2) is 18.6 Å². The molecule has 1 fully saturated rings. The normalized spacial score (nSPS) is 21.8. The van der Waals surface area contributed by atoms with Crippen molar-refractivity contribution in [1.82, 2.24) is 10.3 Å². The van der Waals surface area contributed by atoms with Crippen molar-refractivity contribution in [2.24, 2.45) is 0 Å². The summed E-state index contributed by atoms with van der Waals surface area (Å²) in [5.74, 6) is 0.700. The maximum absolute atomic E-state index is 5.08. The number of pyridine rings is 1. The molecular formula is C10H14N2O. The minimum atomic E-state index is 0.426. The van der Waals surface area contributed by atoms with Gasteiger partial charge in [0.25, 0.3) is 0 Å². The van der Waals surface area contributed by atoms with Gasteiger partial charge in [-0.1, -0.05) is 6.07 Å². The number of hydrogen-bond acceptors (Lipinski definition) is 3. The van der Waals surface area contributed by atoms with Crippen LogP contribution in [0.3, 0.4) is 0 Å². The van der Waals surface area contributed by atoms with E-state index in [-0.39, 0.29) is 0 Å². The Hall–Kier alpha value is -1.09. The van der Waals surface area contributed by atoms with Gasteiger partial charge in [-0.05, 0) is 25.5 Å². The van der Waals surface area contributed by atoms with E-state index in [4.69, 9.17) is 4.74 Å². The minimum Gasteiger partial charge on any atom is -0.481 e. The van der Waals surface area contributed by atoms with E-state index >= 15 is 0 Å². The molecule has 2 heterocycles. The van der Waals surface area contributed by atoms with E-state index < -0.39 is 0 Å². The molecule has 1 saturated heterocycles. The number of nitrogens with zero attached hydrogens (tertiary/aromatic N) is 1. The SMILES string of the molecule is COc1cccc([C@H]2CCCN2)n1. The summed E-state index contributed by atoms with van der Waals surface area (Å²) < 4.78 is 5.08. The van der Waals surface area contributed by atoms with Gasteiger partial charge in [-0.2, -0.15) is 0 Å². The van der Waals surface area contributed by atoms with Gasteiger partial charge in [-0.15, -0.1) is 0 Å². The molecule has 1 aliphatic heterocycles. The first kappa shape index (κ1) is 8.51. The van der Waals surface area contributed by atoms with Gasteiger partial charge in [0.05, 0.1) is 12.8 Å². The molecular weight excluding hydrogens is 164 g/mol. The molecule has 0 spiro atoms. The van der Waals surface area contributed by atoms with Crippen molar-refractivity contribution < 1.29 is 4.74 Å². The molecule has 0 amide bonds. The summed E-state index contributed by atoms with van der Waals surface area (Å²) in [5.41, 5.74) is 1.09. The van der Waals surface area contributed by atoms with Gasteiger partial charge in [0.2, 0.25) is 5.88 Å². The fraction of sp³-hybridized carbons (Fsp3) is 0.500. The summed E-state index contributed by atoms with van der Waals surface area (Å²) in [5, 5.41) is 3.41. The molecule has 3 nitrogen and oxygen atoms in total. The lowest BCUT2D eigenvalue weighted by Crippen LogP contribution is -2.14. The molecule has 1 aliphatic rings. The van der Waals surface area contributed by atoms with Gasteiger partial charge >= 0.3 is 0 Å². The summed E-state index contributed by atoms with van der Waals surface area (Å²) in [6.45, 7) is 1.10. The number of aromatic nitrogens is 1. The van der Waals surface area contributed by atoms with Gasteiger partial charge in [0, 0.05) is 12.1 Å². The zero-order valence-electron chi connectivity index (χ0n) is 7.79. The lowest BCUT2D eigenvalue weighted by molar-refractivity contribution is 0.394. The second-order valence-electron chi connectivity index (χ2n) is 3.25. The molecule has 70 valence electrons. The molecule has 0 aromatic carbocycles. The van der Waals surface area contributed by atoms with Crippen LogP contribution in [0.1, 0.15) is 24.6 Å². The van der Waals surface area contributed by atoms with Gasteiger partial charge in [0.1, 0.15) is 0 Å². The molecule has 0 unspecified atom stereocenters. The summed E-state index contributed by atoms with van der Waals surface area (Å²) in [6, 6.07) is 6.33. The molecule has 1 N–H and O–H groups in total. The van der Waals surface area contributed by atoms with Gasteiger partial charge < -0.3 is 10.1 Å². The van der Waals surface area contributed by atoms with Crippen LogP contribution in [0.25, 0.3) is 0 Å². The Morgan fingerprint density at radius 2 is 2.46 bits per heavy atom. The van der Waals surface area contributed by atoms with E-state index in [1.165, 1.54) is 12.8 Å². The fourth-order valence-corrected chi connectivity index (χ4v) is 1.68. The average molecular weight is 178 g/mol. The van der Waals surface area contributed by atoms with E-state index in [0.717, 1.165) is 12.2 Å². The highest BCUT2D eigenvalue weighted by molar-refractivity contribution is 5.18. The summed E-state index contributed by atoms with van der Waals surface area (Å²) in [4.78, 5) is 4.39. The second-order valence-corrected chi connectivity index (χ2v) is 3.25. The van der Waals surface area contributed by atoms with E-state index in [1.807, 2.05) is 18.2 Å². The third-order valence-corrected chi connectivity index (χ3v) is 2.37. The monoisotopic (exact) mass is 178 g/mol. The lowest BCUT2D eigenvalue weighted by Gasteiger charge is -2.09. The first-order valence-corrected chi connectivity index (χ1v) is 4.64. The molecule has 1 aromatic rings. The molecule has 3 heteroatoms. The standard InChI is InChI=1S/C10H14N2O/c1-13-10-6-2-4-9(12-10)8-5-3-7-11-8/h2,4,6,8,11H,3,5,7H2,1H3/t8-/m1/s1. The molecule has 2 rings (SSSR count). The molecule has 0 bridgehead atoms. The lowest BCUT2D eigenvalue weighted by atomic mass is 10.1. The van der Waals surface area contributed by atoms with Crippen molar-refractivity contribution in [2.45, 2.75) is 18.9 Å². The van der Waals surface area contributed by atoms with Crippen LogP contribution in [0.15, 0.2) is 18.2 Å². The summed E-state index contributed by atoms with van der Waals surface area (Å²) in [6.07, 6.45) is 2.42. The van der Waals surface area contributed by atoms with Crippen LogP contribution in [0.5, 0.6) is 5.88 Å². The Morgan fingerprint density at radius 3 is 3.15 bits per heavy atom. The first-order valence-electron chi connectivity index (χ1n) is 4.64. The van der Waals surface area contributed by atoms with Crippen molar-refractivity contribution in [1.29, 1.82) is 0 Å². The number of methoxy groups -OCH3 is 1. The third kappa shape index (κ3) is 1.80. The van der Waals surface area contributed by atoms with Gasteiger partial charge in [-0.3, -0.25) is 0 Å². The van der Waals surface area contributed by atoms with Crippen molar-refractivity contribution in [3.05, 3.63) is 23.9 Å².